The van der Waals surface area contributed by atoms with Crippen molar-refractivity contribution in [3.05, 3.63) is 29.8 Å². The molecule has 0 bridgehead atoms. The van der Waals surface area contributed by atoms with Crippen LogP contribution in [-0.4, -0.2) is 32.1 Å². The Bertz CT molecular complexity index is 366. The van der Waals surface area contributed by atoms with Gasteiger partial charge in [-0.1, -0.05) is 32.0 Å². The average Bonchev–Trinajstić information content (AvgIpc) is 2.38. The molecule has 0 saturated carbocycles. The van der Waals surface area contributed by atoms with Crippen LogP contribution in [0.4, 0.5) is 0 Å². The van der Waals surface area contributed by atoms with E-state index in [4.69, 9.17) is 10.5 Å². The highest BCUT2D eigenvalue weighted by atomic mass is 16.5. The summed E-state index contributed by atoms with van der Waals surface area (Å²) in [4.78, 5) is 2.33. The van der Waals surface area contributed by atoms with Crippen molar-refractivity contribution in [1.29, 1.82) is 0 Å². The van der Waals surface area contributed by atoms with Gasteiger partial charge in [-0.2, -0.15) is 0 Å². The minimum atomic E-state index is 0.569. The number of nitrogens with two attached hydrogens (primary N) is 1. The van der Waals surface area contributed by atoms with Crippen LogP contribution in [0.3, 0.4) is 0 Å². The molecule has 1 aromatic carbocycles. The smallest absolute Gasteiger partial charge is 0.123 e. The summed E-state index contributed by atoms with van der Waals surface area (Å²) in [7, 11) is 3.87. The average molecular weight is 264 g/mol. The lowest BCUT2D eigenvalue weighted by molar-refractivity contribution is 0.247. The number of ether oxygens (including phenoxy) is 1. The van der Waals surface area contributed by atoms with E-state index >= 15 is 0 Å². The van der Waals surface area contributed by atoms with E-state index in [-0.39, 0.29) is 0 Å². The number of hydrogen-bond acceptors (Lipinski definition) is 3. The number of methoxy groups -OCH3 is 1. The van der Waals surface area contributed by atoms with E-state index in [1.54, 1.807) is 7.11 Å². The molecule has 3 heteroatoms. The first-order chi connectivity index (χ1) is 9.06. The molecule has 0 amide bonds. The summed E-state index contributed by atoms with van der Waals surface area (Å²) in [6.45, 7) is 7.20. The van der Waals surface area contributed by atoms with E-state index in [1.165, 1.54) is 12.0 Å². The fourth-order valence-corrected chi connectivity index (χ4v) is 2.54. The molecule has 19 heavy (non-hydrogen) atoms. The van der Waals surface area contributed by atoms with Gasteiger partial charge in [-0.25, -0.2) is 0 Å². The summed E-state index contributed by atoms with van der Waals surface area (Å²) < 4.78 is 5.39. The minimum Gasteiger partial charge on any atom is -0.496 e. The zero-order valence-electron chi connectivity index (χ0n) is 12.7. The molecular formula is C16H28N2O. The van der Waals surface area contributed by atoms with Gasteiger partial charge in [0.25, 0.3) is 0 Å². The van der Waals surface area contributed by atoms with Crippen molar-refractivity contribution in [2.24, 2.45) is 17.6 Å². The maximum Gasteiger partial charge on any atom is 0.123 e. The van der Waals surface area contributed by atoms with Crippen LogP contribution in [0.25, 0.3) is 0 Å². The van der Waals surface area contributed by atoms with E-state index in [0.717, 1.165) is 25.4 Å². The quantitative estimate of drug-likeness (QED) is 0.784. The first kappa shape index (κ1) is 16.0. The van der Waals surface area contributed by atoms with E-state index < -0.39 is 0 Å². The second-order valence-electron chi connectivity index (χ2n) is 5.74. The van der Waals surface area contributed by atoms with Crippen LogP contribution in [0.2, 0.25) is 0 Å². The summed E-state index contributed by atoms with van der Waals surface area (Å²) >= 11 is 0. The number of hydrogen-bond donors (Lipinski definition) is 1. The van der Waals surface area contributed by atoms with Gasteiger partial charge in [-0.15, -0.1) is 0 Å². The third kappa shape index (κ3) is 5.62. The Morgan fingerprint density at radius 2 is 1.95 bits per heavy atom. The highest BCUT2D eigenvalue weighted by Crippen LogP contribution is 2.20. The molecule has 3 nitrogen and oxygen atoms in total. The Morgan fingerprint density at radius 3 is 2.53 bits per heavy atom. The largest absolute Gasteiger partial charge is 0.496 e. The monoisotopic (exact) mass is 264 g/mol. The maximum absolute atomic E-state index is 5.87. The standard InChI is InChI=1S/C16H28N2O/c1-13(2)9-14(10-17)11-18(3)12-15-7-5-6-8-16(15)19-4/h5-8,13-14H,9-12,17H2,1-4H3. The Morgan fingerprint density at radius 1 is 1.26 bits per heavy atom. The number of para-hydroxylation sites is 1. The van der Waals surface area contributed by atoms with Crippen molar-refractivity contribution in [3.8, 4) is 5.75 Å². The van der Waals surface area contributed by atoms with Crippen LogP contribution in [0.1, 0.15) is 25.8 Å². The molecule has 1 rings (SSSR count). The lowest BCUT2D eigenvalue weighted by atomic mass is 9.96. The van der Waals surface area contributed by atoms with Crippen molar-refractivity contribution in [2.75, 3.05) is 27.2 Å². The van der Waals surface area contributed by atoms with E-state index in [2.05, 4.69) is 37.9 Å². The summed E-state index contributed by atoms with van der Waals surface area (Å²) in [5.74, 6) is 2.23. The van der Waals surface area contributed by atoms with E-state index in [9.17, 15) is 0 Å². The third-order valence-electron chi connectivity index (χ3n) is 3.34. The Balaban J connectivity index is 2.56. The van der Waals surface area contributed by atoms with Gasteiger partial charge in [-0.3, -0.25) is 0 Å². The lowest BCUT2D eigenvalue weighted by Crippen LogP contribution is -2.30. The molecule has 108 valence electrons. The molecular weight excluding hydrogens is 236 g/mol. The van der Waals surface area contributed by atoms with Gasteiger partial charge < -0.3 is 15.4 Å². The predicted molar refractivity (Wildman–Crippen MR) is 81.3 cm³/mol. The van der Waals surface area contributed by atoms with Crippen molar-refractivity contribution >= 4 is 0 Å². The topological polar surface area (TPSA) is 38.5 Å². The normalized spacial score (nSPS) is 13.0. The molecule has 0 radical (unpaired) electrons. The van der Waals surface area contributed by atoms with E-state index in [0.29, 0.717) is 11.8 Å². The molecule has 0 spiro atoms. The molecule has 0 aliphatic heterocycles. The number of nitrogens with zero attached hydrogens (tertiary/aromatic N) is 1. The first-order valence-corrected chi connectivity index (χ1v) is 7.07. The van der Waals surface area contributed by atoms with Crippen LogP contribution >= 0.6 is 0 Å². The Hall–Kier alpha value is -1.06. The van der Waals surface area contributed by atoms with Crippen molar-refractivity contribution < 1.29 is 4.74 Å². The third-order valence-corrected chi connectivity index (χ3v) is 3.34. The van der Waals surface area contributed by atoms with Crippen LogP contribution < -0.4 is 10.5 Å². The van der Waals surface area contributed by atoms with Crippen LogP contribution in [0.15, 0.2) is 24.3 Å². The molecule has 0 fully saturated rings. The van der Waals surface area contributed by atoms with Crippen molar-refractivity contribution in [1.82, 2.24) is 4.90 Å². The van der Waals surface area contributed by atoms with Gasteiger partial charge >= 0.3 is 0 Å². The molecule has 0 aliphatic carbocycles. The Labute approximate surface area is 117 Å². The van der Waals surface area contributed by atoms with Crippen LogP contribution in [-0.2, 0) is 6.54 Å². The lowest BCUT2D eigenvalue weighted by Gasteiger charge is -2.25. The molecule has 2 N–H and O–H groups in total. The van der Waals surface area contributed by atoms with Gasteiger partial charge in [0.05, 0.1) is 7.11 Å². The predicted octanol–water partition coefficient (Wildman–Crippen LogP) is 2.75. The highest BCUT2D eigenvalue weighted by Gasteiger charge is 2.13. The molecule has 0 heterocycles. The fraction of sp³-hybridized carbons (Fsp3) is 0.625. The zero-order chi connectivity index (χ0) is 14.3. The SMILES string of the molecule is COc1ccccc1CN(C)CC(CN)CC(C)C. The van der Waals surface area contributed by atoms with Gasteiger partial charge in [-0.05, 0) is 37.9 Å². The number of rotatable bonds is 8. The van der Waals surface area contributed by atoms with Gasteiger partial charge in [0.1, 0.15) is 5.75 Å². The summed E-state index contributed by atoms with van der Waals surface area (Å²) in [5.41, 5.74) is 7.10. The Kier molecular flexibility index (Phi) is 6.89. The van der Waals surface area contributed by atoms with Crippen LogP contribution in [0, 0.1) is 11.8 Å². The van der Waals surface area contributed by atoms with Gasteiger partial charge in [0, 0.05) is 18.7 Å². The second-order valence-corrected chi connectivity index (χ2v) is 5.74. The highest BCUT2D eigenvalue weighted by molar-refractivity contribution is 5.32. The molecule has 1 atom stereocenters. The molecule has 0 aliphatic rings. The van der Waals surface area contributed by atoms with Crippen LogP contribution in [0.5, 0.6) is 5.75 Å². The maximum atomic E-state index is 5.87. The van der Waals surface area contributed by atoms with Crippen molar-refractivity contribution in [3.63, 3.8) is 0 Å². The summed E-state index contributed by atoms with van der Waals surface area (Å²) in [6.07, 6.45) is 1.19. The van der Waals surface area contributed by atoms with Gasteiger partial charge in [0.15, 0.2) is 0 Å². The molecule has 1 unspecified atom stereocenters. The first-order valence-electron chi connectivity index (χ1n) is 7.07. The summed E-state index contributed by atoms with van der Waals surface area (Å²) in [5, 5.41) is 0. The number of benzene rings is 1. The molecule has 1 aromatic rings. The molecule has 0 saturated heterocycles. The second kappa shape index (κ2) is 8.18. The van der Waals surface area contributed by atoms with Gasteiger partial charge in [0.2, 0.25) is 0 Å². The molecule has 0 aromatic heterocycles. The minimum absolute atomic E-state index is 0.569. The van der Waals surface area contributed by atoms with Crippen molar-refractivity contribution in [2.45, 2.75) is 26.8 Å². The summed E-state index contributed by atoms with van der Waals surface area (Å²) in [6, 6.07) is 8.19. The zero-order valence-corrected chi connectivity index (χ0v) is 12.7. The fourth-order valence-electron chi connectivity index (χ4n) is 2.54. The van der Waals surface area contributed by atoms with E-state index in [1.807, 2.05) is 12.1 Å².